The van der Waals surface area contributed by atoms with Crippen molar-refractivity contribution in [3.8, 4) is 45.3 Å². The Kier molecular flexibility index (Phi) is 26.6. The van der Waals surface area contributed by atoms with Crippen LogP contribution in [0.15, 0.2) is 116 Å². The molecule has 0 fully saturated rings. The summed E-state index contributed by atoms with van der Waals surface area (Å²) in [6, 6.07) is 26.2. The summed E-state index contributed by atoms with van der Waals surface area (Å²) in [5.41, 5.74) is 4.81. The van der Waals surface area contributed by atoms with Gasteiger partial charge in [0.05, 0.1) is 73.2 Å². The number of nitro groups is 3. The van der Waals surface area contributed by atoms with E-state index in [2.05, 4.69) is 97.5 Å². The molecular formula is C66H70Cl2N18O14. The summed E-state index contributed by atoms with van der Waals surface area (Å²) in [5.74, 6) is -0.0571. The molecule has 0 spiro atoms. The van der Waals surface area contributed by atoms with Gasteiger partial charge in [0.15, 0.2) is 11.5 Å². The standard InChI is InChI=1S/C24H28N6O4.C22H24N6O6.C20H18Cl2N6O4/c1-5-18-20(22(31)32)21(15-6-8-16(9-7-15)24(2,3)4)29-23(28-18)26-13-12-25-19-11-10-17(14-27-19)30(33)34;1-4-15-19(21(29)30)20(13-5-7-16(33-2)17(11-13)34-3)27-22(26-15)24-10-9-23-18-8-6-14(12-25-18)28(31)32;1-2-15-17(19(29)30)18(11-3-5-13(21)14(22)9-11)27-20(26-15)24-8-7-23-16-6-4-12(10-25-16)28(31)32/h6-11,14H,5,12-13H2,1-4H3,(H,25,27)(H,31,32)(H,26,28,29);5-8,11-12H,4,9-10H2,1-3H3,(H,23,25)(H,29,30)(H,24,26,27);3-6,9-10H,2,7-8H2,1H3,(H,23,25)(H,29,30)(H,24,26,27). The first-order valence-corrected chi connectivity index (χ1v) is 31.5. The number of nitrogens with one attached hydrogen (secondary N) is 6. The van der Waals surface area contributed by atoms with Crippen LogP contribution >= 0.6 is 23.2 Å². The van der Waals surface area contributed by atoms with Crippen LogP contribution in [0.2, 0.25) is 10.0 Å². The number of methoxy groups -OCH3 is 2. The Bertz CT molecular complexity index is 4400. The van der Waals surface area contributed by atoms with Crippen molar-refractivity contribution in [2.24, 2.45) is 0 Å². The molecule has 0 saturated heterocycles. The molecule has 9 rings (SSSR count). The van der Waals surface area contributed by atoms with E-state index in [4.69, 9.17) is 32.7 Å². The van der Waals surface area contributed by atoms with Gasteiger partial charge in [-0.1, -0.05) is 95.1 Å². The van der Waals surface area contributed by atoms with E-state index in [1.165, 1.54) is 69.2 Å². The van der Waals surface area contributed by atoms with Gasteiger partial charge in [-0.05, 0) is 78.8 Å². The molecule has 32 nitrogen and oxygen atoms in total. The predicted molar refractivity (Wildman–Crippen MR) is 377 cm³/mol. The molecule has 0 aliphatic carbocycles. The van der Waals surface area contributed by atoms with Crippen molar-refractivity contribution in [2.75, 3.05) is 85.4 Å². The van der Waals surface area contributed by atoms with Crippen LogP contribution in [0, 0.1) is 30.3 Å². The number of rotatable bonds is 29. The van der Waals surface area contributed by atoms with Gasteiger partial charge in [0.2, 0.25) is 17.8 Å². The summed E-state index contributed by atoms with van der Waals surface area (Å²) < 4.78 is 10.6. The summed E-state index contributed by atoms with van der Waals surface area (Å²) in [5, 5.41) is 80.5. The number of aromatic carboxylic acids is 3. The van der Waals surface area contributed by atoms with Gasteiger partial charge in [0, 0.05) is 74.2 Å². The molecule has 522 valence electrons. The van der Waals surface area contributed by atoms with E-state index >= 15 is 0 Å². The summed E-state index contributed by atoms with van der Waals surface area (Å²) in [7, 11) is 3.01. The lowest BCUT2D eigenvalue weighted by atomic mass is 9.86. The Morgan fingerprint density at radius 3 is 1.07 bits per heavy atom. The molecule has 9 N–H and O–H groups in total. The molecule has 9 aromatic rings. The maximum atomic E-state index is 12.0. The second-order valence-electron chi connectivity index (χ2n) is 22.2. The van der Waals surface area contributed by atoms with Crippen molar-refractivity contribution in [1.29, 1.82) is 0 Å². The first-order chi connectivity index (χ1) is 47.8. The molecule has 0 saturated carbocycles. The monoisotopic (exact) mass is 1410 g/mol. The molecule has 0 amide bonds. The molecule has 6 heterocycles. The number of anilines is 6. The number of pyridine rings is 3. The third-order valence-electron chi connectivity index (χ3n) is 14.5. The first-order valence-electron chi connectivity index (χ1n) is 30.7. The van der Waals surface area contributed by atoms with Gasteiger partial charge in [-0.3, -0.25) is 30.3 Å². The van der Waals surface area contributed by atoms with E-state index in [9.17, 15) is 60.0 Å². The summed E-state index contributed by atoms with van der Waals surface area (Å²) >= 11 is 12.1. The number of aromatic nitrogens is 9. The van der Waals surface area contributed by atoms with Crippen molar-refractivity contribution < 1.29 is 53.9 Å². The predicted octanol–water partition coefficient (Wildman–Crippen LogP) is 12.3. The minimum absolute atomic E-state index is 0.00430. The fraction of sp³-hybridized carbons (Fsp3) is 0.273. The average molecular weight is 1410 g/mol. The van der Waals surface area contributed by atoms with Crippen molar-refractivity contribution >= 4 is 93.5 Å². The Balaban J connectivity index is 0.000000211. The van der Waals surface area contributed by atoms with Gasteiger partial charge in [0.1, 0.15) is 52.7 Å². The van der Waals surface area contributed by atoms with Crippen LogP contribution in [-0.4, -0.2) is 146 Å². The Morgan fingerprint density at radius 1 is 0.440 bits per heavy atom. The smallest absolute Gasteiger partial charge is 0.339 e. The number of halogens is 2. The number of ether oxygens (including phenoxy) is 2. The second-order valence-corrected chi connectivity index (χ2v) is 23.0. The van der Waals surface area contributed by atoms with Crippen LogP contribution < -0.4 is 41.4 Å². The van der Waals surface area contributed by atoms with E-state index < -0.39 is 32.7 Å². The van der Waals surface area contributed by atoms with Crippen molar-refractivity contribution in [3.05, 3.63) is 195 Å². The normalized spacial score (nSPS) is 10.7. The number of benzene rings is 3. The molecule has 0 atom stereocenters. The lowest BCUT2D eigenvalue weighted by Gasteiger charge is -2.19. The molecular weight excluding hydrogens is 1340 g/mol. The number of carbonyl (C=O) groups is 3. The maximum absolute atomic E-state index is 12.0. The van der Waals surface area contributed by atoms with Gasteiger partial charge >= 0.3 is 17.9 Å². The lowest BCUT2D eigenvalue weighted by molar-refractivity contribution is -0.385. The number of hydrogen-bond acceptors (Lipinski definition) is 26. The highest BCUT2D eigenvalue weighted by Gasteiger charge is 2.26. The summed E-state index contributed by atoms with van der Waals surface area (Å²) in [4.78, 5) is 105. The highest BCUT2D eigenvalue weighted by atomic mass is 35.5. The molecule has 0 radical (unpaired) electrons. The number of carboxylic acids is 3. The van der Waals surface area contributed by atoms with Crippen LogP contribution in [0.25, 0.3) is 33.8 Å². The van der Waals surface area contributed by atoms with Crippen LogP contribution in [-0.2, 0) is 24.7 Å². The minimum Gasteiger partial charge on any atom is -0.493 e. The SMILES string of the molecule is CCc1nc(NCCNc2ccc([N+](=O)[O-])cn2)nc(-c2ccc(C(C)(C)C)cc2)c1C(=O)O.CCc1nc(NCCNc2ccc([N+](=O)[O-])cn2)nc(-c2ccc(Cl)c(Cl)c2)c1C(=O)O.CCc1nc(NCCNc2ccc([N+](=O)[O-])cn2)nc(-c2ccc(OC)c(OC)c2)c1C(=O)O. The van der Waals surface area contributed by atoms with Crippen LogP contribution in [0.3, 0.4) is 0 Å². The first kappa shape index (κ1) is 75.3. The van der Waals surface area contributed by atoms with E-state index in [-0.39, 0.29) is 67.5 Å². The summed E-state index contributed by atoms with van der Waals surface area (Å²) in [6.45, 7) is 14.3. The highest BCUT2D eigenvalue weighted by molar-refractivity contribution is 6.42. The number of carboxylic acid groups (broad SMARTS) is 3. The Labute approximate surface area is 581 Å². The van der Waals surface area contributed by atoms with E-state index in [1.807, 2.05) is 38.1 Å². The zero-order valence-electron chi connectivity index (χ0n) is 55.3. The molecule has 0 bridgehead atoms. The van der Waals surface area contributed by atoms with E-state index in [1.54, 1.807) is 43.3 Å². The fourth-order valence-electron chi connectivity index (χ4n) is 9.47. The van der Waals surface area contributed by atoms with Crippen LogP contribution in [0.1, 0.15) is 95.3 Å². The van der Waals surface area contributed by atoms with E-state index in [0.717, 1.165) is 5.56 Å². The number of hydrogen-bond donors (Lipinski definition) is 9. The van der Waals surface area contributed by atoms with Gasteiger partial charge in [-0.25, -0.2) is 59.2 Å². The number of aryl methyl sites for hydroxylation is 3. The Hall–Kier alpha value is -12.1. The molecule has 0 aliphatic heterocycles. The molecule has 3 aromatic carbocycles. The van der Waals surface area contributed by atoms with Crippen molar-refractivity contribution in [2.45, 2.75) is 66.2 Å². The molecule has 100 heavy (non-hydrogen) atoms. The third-order valence-corrected chi connectivity index (χ3v) is 15.2. The fourth-order valence-corrected chi connectivity index (χ4v) is 9.77. The lowest BCUT2D eigenvalue weighted by Crippen LogP contribution is -2.18. The highest BCUT2D eigenvalue weighted by Crippen LogP contribution is 2.36. The summed E-state index contributed by atoms with van der Waals surface area (Å²) in [6.07, 6.45) is 4.75. The largest absolute Gasteiger partial charge is 0.493 e. The third kappa shape index (κ3) is 20.3. The zero-order chi connectivity index (χ0) is 72.8. The second kappa shape index (κ2) is 35.3. The van der Waals surface area contributed by atoms with Crippen LogP contribution in [0.5, 0.6) is 11.5 Å². The van der Waals surface area contributed by atoms with E-state index in [0.29, 0.717) is 138 Å². The number of nitrogens with zero attached hydrogens (tertiary/aromatic N) is 12. The molecule has 0 unspecified atom stereocenters. The molecule has 6 aromatic heterocycles. The van der Waals surface area contributed by atoms with Gasteiger partial charge in [-0.2, -0.15) is 0 Å². The quantitative estimate of drug-likeness (QED) is 0.0119. The topological polar surface area (TPSA) is 448 Å². The van der Waals surface area contributed by atoms with Crippen molar-refractivity contribution in [3.63, 3.8) is 0 Å². The molecule has 34 heteroatoms. The average Bonchev–Trinajstić information content (AvgIpc) is 1.37. The van der Waals surface area contributed by atoms with Crippen molar-refractivity contribution in [1.82, 2.24) is 44.9 Å². The Morgan fingerprint density at radius 2 is 0.770 bits per heavy atom. The van der Waals surface area contributed by atoms with Gasteiger partial charge in [-0.15, -0.1) is 0 Å². The molecule has 0 aliphatic rings. The van der Waals surface area contributed by atoms with Crippen LogP contribution in [0.4, 0.5) is 52.4 Å². The maximum Gasteiger partial charge on any atom is 0.339 e. The minimum atomic E-state index is -1.14. The zero-order valence-corrected chi connectivity index (χ0v) is 56.8. The van der Waals surface area contributed by atoms with Gasteiger partial charge in [0.25, 0.3) is 17.1 Å². The van der Waals surface area contributed by atoms with Gasteiger partial charge < -0.3 is 56.7 Å².